The molecule has 2 rings (SSSR count). The summed E-state index contributed by atoms with van der Waals surface area (Å²) in [5.41, 5.74) is 2.83. The van der Waals surface area contributed by atoms with Gasteiger partial charge in [-0.05, 0) is 62.6 Å². The number of hydrogen-bond acceptors (Lipinski definition) is 3. The molecule has 2 aromatic carbocycles. The number of ether oxygens (including phenoxy) is 1. The molecule has 0 unspecified atom stereocenters. The van der Waals surface area contributed by atoms with E-state index >= 15 is 0 Å². The predicted molar refractivity (Wildman–Crippen MR) is 86.2 cm³/mol. The Balaban J connectivity index is 2.20. The fourth-order valence-corrected chi connectivity index (χ4v) is 2.38. The third-order valence-electron chi connectivity index (χ3n) is 3.91. The van der Waals surface area contributed by atoms with E-state index in [1.54, 1.807) is 13.0 Å². The number of Topliss-reactive ketones (excluding diaryl/α,β-unsaturated/α-hetero) is 1. The Labute approximate surface area is 139 Å². The standard InChI is InChI=1S/C19H18F2O3/c1-10-7-12(3)16(8-11(10)2)18(22)13(4)24-19(23)15-6-5-14(20)9-17(15)21/h5-9,13H,1-4H3/t13-/m0/s1. The summed E-state index contributed by atoms with van der Waals surface area (Å²) in [7, 11) is 0. The number of carbonyl (C=O) groups is 2. The van der Waals surface area contributed by atoms with Crippen molar-refractivity contribution in [1.29, 1.82) is 0 Å². The summed E-state index contributed by atoms with van der Waals surface area (Å²) in [5, 5.41) is 0. The van der Waals surface area contributed by atoms with Crippen molar-refractivity contribution in [2.75, 3.05) is 0 Å². The zero-order chi connectivity index (χ0) is 18.0. The Kier molecular flexibility index (Phi) is 5.12. The molecule has 0 aliphatic carbocycles. The Morgan fingerprint density at radius 3 is 2.17 bits per heavy atom. The van der Waals surface area contributed by atoms with Crippen LogP contribution in [0.1, 0.15) is 44.3 Å². The number of carbonyl (C=O) groups excluding carboxylic acids is 2. The molecule has 24 heavy (non-hydrogen) atoms. The summed E-state index contributed by atoms with van der Waals surface area (Å²) in [6.45, 7) is 7.05. The van der Waals surface area contributed by atoms with Gasteiger partial charge in [0.25, 0.3) is 0 Å². The van der Waals surface area contributed by atoms with E-state index in [-0.39, 0.29) is 5.78 Å². The summed E-state index contributed by atoms with van der Waals surface area (Å²) in [6.07, 6.45) is -1.08. The van der Waals surface area contributed by atoms with Crippen molar-refractivity contribution in [2.24, 2.45) is 0 Å². The zero-order valence-corrected chi connectivity index (χ0v) is 13.9. The van der Waals surface area contributed by atoms with Crippen molar-refractivity contribution in [3.63, 3.8) is 0 Å². The lowest BCUT2D eigenvalue weighted by Crippen LogP contribution is -2.25. The maximum absolute atomic E-state index is 13.6. The highest BCUT2D eigenvalue weighted by molar-refractivity contribution is 6.02. The highest BCUT2D eigenvalue weighted by Gasteiger charge is 2.23. The van der Waals surface area contributed by atoms with Crippen molar-refractivity contribution in [3.8, 4) is 0 Å². The molecule has 0 N–H and O–H groups in total. The third kappa shape index (κ3) is 3.67. The first-order valence-electron chi connectivity index (χ1n) is 7.48. The van der Waals surface area contributed by atoms with Gasteiger partial charge in [0.2, 0.25) is 5.78 Å². The third-order valence-corrected chi connectivity index (χ3v) is 3.91. The first-order chi connectivity index (χ1) is 11.2. The van der Waals surface area contributed by atoms with E-state index in [9.17, 15) is 18.4 Å². The van der Waals surface area contributed by atoms with Crippen molar-refractivity contribution < 1.29 is 23.1 Å². The van der Waals surface area contributed by atoms with Crippen LogP contribution in [0.15, 0.2) is 30.3 Å². The lowest BCUT2D eigenvalue weighted by molar-refractivity contribution is 0.0314. The van der Waals surface area contributed by atoms with Crippen LogP contribution in [0.2, 0.25) is 0 Å². The number of esters is 1. The number of hydrogen-bond donors (Lipinski definition) is 0. The maximum Gasteiger partial charge on any atom is 0.341 e. The summed E-state index contributed by atoms with van der Waals surface area (Å²) >= 11 is 0. The Morgan fingerprint density at radius 1 is 0.917 bits per heavy atom. The number of ketones is 1. The molecule has 0 saturated carbocycles. The van der Waals surface area contributed by atoms with Gasteiger partial charge in [0.15, 0.2) is 6.10 Å². The summed E-state index contributed by atoms with van der Waals surface area (Å²) in [4.78, 5) is 24.5. The van der Waals surface area contributed by atoms with Crippen LogP contribution in [0.4, 0.5) is 8.78 Å². The zero-order valence-electron chi connectivity index (χ0n) is 13.9. The Hall–Kier alpha value is -2.56. The van der Waals surface area contributed by atoms with Gasteiger partial charge in [-0.1, -0.05) is 6.07 Å². The SMILES string of the molecule is Cc1cc(C)c(C(=O)[C@H](C)OC(=O)c2ccc(F)cc2F)cc1C. The van der Waals surface area contributed by atoms with Crippen molar-refractivity contribution in [3.05, 3.63) is 69.8 Å². The van der Waals surface area contributed by atoms with Crippen LogP contribution in [0.5, 0.6) is 0 Å². The Bertz CT molecular complexity index is 812. The molecule has 0 amide bonds. The second-order valence-corrected chi connectivity index (χ2v) is 5.79. The van der Waals surface area contributed by atoms with E-state index < -0.39 is 29.3 Å². The molecule has 0 bridgehead atoms. The second-order valence-electron chi connectivity index (χ2n) is 5.79. The van der Waals surface area contributed by atoms with Crippen LogP contribution in [-0.4, -0.2) is 17.9 Å². The minimum absolute atomic E-state index is 0.369. The fraction of sp³-hybridized carbons (Fsp3) is 0.263. The van der Waals surface area contributed by atoms with Gasteiger partial charge in [-0.15, -0.1) is 0 Å². The van der Waals surface area contributed by atoms with Crippen LogP contribution in [0, 0.1) is 32.4 Å². The van der Waals surface area contributed by atoms with Gasteiger partial charge < -0.3 is 4.74 Å². The predicted octanol–water partition coefficient (Wildman–Crippen LogP) is 4.32. The average molecular weight is 332 g/mol. The van der Waals surface area contributed by atoms with Crippen molar-refractivity contribution >= 4 is 11.8 Å². The molecule has 0 saturated heterocycles. The number of halogens is 2. The van der Waals surface area contributed by atoms with E-state index in [0.29, 0.717) is 11.6 Å². The van der Waals surface area contributed by atoms with E-state index in [4.69, 9.17) is 4.74 Å². The molecule has 0 heterocycles. The highest BCUT2D eigenvalue weighted by Crippen LogP contribution is 2.19. The molecule has 1 atom stereocenters. The average Bonchev–Trinajstić information content (AvgIpc) is 2.49. The lowest BCUT2D eigenvalue weighted by atomic mass is 9.96. The van der Waals surface area contributed by atoms with Gasteiger partial charge in [0, 0.05) is 11.6 Å². The normalized spacial score (nSPS) is 11.9. The van der Waals surface area contributed by atoms with Gasteiger partial charge in [0.05, 0.1) is 5.56 Å². The van der Waals surface area contributed by atoms with Gasteiger partial charge >= 0.3 is 5.97 Å². The van der Waals surface area contributed by atoms with Crippen molar-refractivity contribution in [1.82, 2.24) is 0 Å². The molecule has 0 aliphatic rings. The number of benzene rings is 2. The van der Waals surface area contributed by atoms with Crippen LogP contribution < -0.4 is 0 Å². The van der Waals surface area contributed by atoms with E-state index in [2.05, 4.69) is 0 Å². The molecule has 126 valence electrons. The topological polar surface area (TPSA) is 43.4 Å². The minimum atomic E-state index is -1.08. The van der Waals surface area contributed by atoms with Crippen LogP contribution >= 0.6 is 0 Å². The molecule has 3 nitrogen and oxygen atoms in total. The van der Waals surface area contributed by atoms with E-state index in [1.807, 2.05) is 19.9 Å². The molecule has 0 aliphatic heterocycles. The summed E-state index contributed by atoms with van der Waals surface area (Å²) in [6, 6.07) is 6.17. The van der Waals surface area contributed by atoms with Gasteiger partial charge in [0.1, 0.15) is 11.6 Å². The van der Waals surface area contributed by atoms with E-state index in [1.165, 1.54) is 6.92 Å². The number of rotatable bonds is 4. The van der Waals surface area contributed by atoms with Crippen LogP contribution in [0.3, 0.4) is 0 Å². The monoisotopic (exact) mass is 332 g/mol. The quantitative estimate of drug-likeness (QED) is 0.619. The van der Waals surface area contributed by atoms with Crippen molar-refractivity contribution in [2.45, 2.75) is 33.8 Å². The largest absolute Gasteiger partial charge is 0.451 e. The number of aryl methyl sites for hydroxylation is 3. The summed E-state index contributed by atoms with van der Waals surface area (Å²) < 4.78 is 31.6. The molecular formula is C19H18F2O3. The first-order valence-corrected chi connectivity index (χ1v) is 7.48. The maximum atomic E-state index is 13.6. The van der Waals surface area contributed by atoms with Gasteiger partial charge in [-0.25, -0.2) is 13.6 Å². The highest BCUT2D eigenvalue weighted by atomic mass is 19.1. The smallest absolute Gasteiger partial charge is 0.341 e. The Morgan fingerprint density at radius 2 is 1.54 bits per heavy atom. The van der Waals surface area contributed by atoms with Crippen LogP contribution in [-0.2, 0) is 4.74 Å². The molecule has 2 aromatic rings. The fourth-order valence-electron chi connectivity index (χ4n) is 2.38. The van der Waals surface area contributed by atoms with E-state index in [0.717, 1.165) is 28.8 Å². The molecule has 0 aromatic heterocycles. The van der Waals surface area contributed by atoms with Gasteiger partial charge in [-0.2, -0.15) is 0 Å². The second kappa shape index (κ2) is 6.91. The first kappa shape index (κ1) is 17.8. The lowest BCUT2D eigenvalue weighted by Gasteiger charge is -2.15. The molecule has 0 spiro atoms. The molecule has 5 heteroatoms. The van der Waals surface area contributed by atoms with Crippen LogP contribution in [0.25, 0.3) is 0 Å². The van der Waals surface area contributed by atoms with Gasteiger partial charge in [-0.3, -0.25) is 4.79 Å². The minimum Gasteiger partial charge on any atom is -0.451 e. The molecule has 0 fully saturated rings. The molecule has 0 radical (unpaired) electrons. The summed E-state index contributed by atoms with van der Waals surface area (Å²) in [5.74, 6) is -3.19. The molecular weight excluding hydrogens is 314 g/mol.